The molecule has 150 valence electrons. The average molecular weight is 385 g/mol. The predicted molar refractivity (Wildman–Crippen MR) is 112 cm³/mol. The van der Waals surface area contributed by atoms with Crippen molar-refractivity contribution in [3.63, 3.8) is 0 Å². The molecule has 0 saturated heterocycles. The number of methoxy groups -OCH3 is 1. The molecule has 1 atom stereocenters. The normalized spacial score (nSPS) is 12.2. The Hall–Kier alpha value is -2.86. The third kappa shape index (κ3) is 6.70. The summed E-state index contributed by atoms with van der Waals surface area (Å²) in [4.78, 5) is 25.2. The van der Waals surface area contributed by atoms with Crippen LogP contribution in [0.1, 0.15) is 26.3 Å². The molecule has 28 heavy (non-hydrogen) atoms. The van der Waals surface area contributed by atoms with Crippen molar-refractivity contribution in [2.45, 2.75) is 26.2 Å². The van der Waals surface area contributed by atoms with E-state index in [0.29, 0.717) is 11.4 Å². The third-order valence-electron chi connectivity index (χ3n) is 4.31. The van der Waals surface area contributed by atoms with Gasteiger partial charge in [-0.1, -0.05) is 39.0 Å². The minimum absolute atomic E-state index is 0.0725. The van der Waals surface area contributed by atoms with Crippen LogP contribution in [-0.4, -0.2) is 39.1 Å². The molecular weight excluding hydrogens is 354 g/mol. The van der Waals surface area contributed by atoms with E-state index in [2.05, 4.69) is 31.4 Å². The van der Waals surface area contributed by atoms with Gasteiger partial charge in [0.05, 0.1) is 14.2 Å². The van der Waals surface area contributed by atoms with Crippen LogP contribution in [-0.2, 0) is 15.0 Å². The Balaban J connectivity index is 1.82. The molecule has 0 saturated carbocycles. The van der Waals surface area contributed by atoms with Crippen molar-refractivity contribution >= 4 is 23.2 Å². The highest BCUT2D eigenvalue weighted by Gasteiger charge is 2.16. The highest BCUT2D eigenvalue weighted by atomic mass is 16.5. The second-order valence-electron chi connectivity index (χ2n) is 7.97. The van der Waals surface area contributed by atoms with Crippen LogP contribution in [0.15, 0.2) is 48.5 Å². The van der Waals surface area contributed by atoms with Gasteiger partial charge in [0.15, 0.2) is 13.1 Å². The summed E-state index contributed by atoms with van der Waals surface area (Å²) >= 11 is 0. The topological polar surface area (TPSA) is 71.9 Å². The fourth-order valence-electron chi connectivity index (χ4n) is 2.78. The van der Waals surface area contributed by atoms with Crippen molar-refractivity contribution in [1.29, 1.82) is 0 Å². The summed E-state index contributed by atoms with van der Waals surface area (Å²) in [6, 6.07) is 15.0. The average Bonchev–Trinajstić information content (AvgIpc) is 2.61. The molecule has 6 nitrogen and oxygen atoms in total. The van der Waals surface area contributed by atoms with E-state index in [9.17, 15) is 9.59 Å². The molecule has 0 radical (unpaired) electrons. The SMILES string of the molecule is COc1cccc(NC(=O)C[NH+](C)CC(=O)Nc2ccc(C(C)(C)C)cc2)c1. The molecule has 3 N–H and O–H groups in total. The third-order valence-corrected chi connectivity index (χ3v) is 4.31. The maximum Gasteiger partial charge on any atom is 0.279 e. The molecule has 0 spiro atoms. The number of likely N-dealkylation sites (N-methyl/N-ethyl adjacent to an activating group) is 1. The molecule has 0 heterocycles. The van der Waals surface area contributed by atoms with Gasteiger partial charge in [-0.2, -0.15) is 0 Å². The summed E-state index contributed by atoms with van der Waals surface area (Å²) in [6.07, 6.45) is 0. The van der Waals surface area contributed by atoms with Gasteiger partial charge in [-0.05, 0) is 35.2 Å². The first-order chi connectivity index (χ1) is 13.2. The maximum absolute atomic E-state index is 12.2. The van der Waals surface area contributed by atoms with Crippen LogP contribution in [0.5, 0.6) is 5.75 Å². The minimum atomic E-state index is -0.159. The van der Waals surface area contributed by atoms with Gasteiger partial charge in [-0.15, -0.1) is 0 Å². The summed E-state index contributed by atoms with van der Waals surface area (Å²) < 4.78 is 5.14. The number of hydrogen-bond acceptors (Lipinski definition) is 3. The molecule has 2 rings (SSSR count). The molecule has 0 fully saturated rings. The lowest BCUT2D eigenvalue weighted by Gasteiger charge is -2.19. The molecular formula is C22H30N3O3+. The Labute approximate surface area is 166 Å². The van der Waals surface area contributed by atoms with Crippen molar-refractivity contribution in [2.24, 2.45) is 0 Å². The Morgan fingerprint density at radius 3 is 2.04 bits per heavy atom. The Morgan fingerprint density at radius 1 is 0.929 bits per heavy atom. The van der Waals surface area contributed by atoms with Crippen LogP contribution < -0.4 is 20.3 Å². The van der Waals surface area contributed by atoms with Crippen LogP contribution in [0, 0.1) is 0 Å². The van der Waals surface area contributed by atoms with Crippen LogP contribution >= 0.6 is 0 Å². The van der Waals surface area contributed by atoms with Crippen LogP contribution in [0.2, 0.25) is 0 Å². The second-order valence-corrected chi connectivity index (χ2v) is 7.97. The Kier molecular flexibility index (Phi) is 7.18. The van der Waals surface area contributed by atoms with Crippen molar-refractivity contribution in [1.82, 2.24) is 0 Å². The summed E-state index contributed by atoms with van der Waals surface area (Å²) in [5.74, 6) is 0.388. The van der Waals surface area contributed by atoms with E-state index in [1.807, 2.05) is 43.4 Å². The number of rotatable bonds is 7. The molecule has 6 heteroatoms. The monoisotopic (exact) mass is 384 g/mol. The van der Waals surface area contributed by atoms with E-state index in [1.54, 1.807) is 19.2 Å². The first-order valence-corrected chi connectivity index (χ1v) is 9.33. The van der Waals surface area contributed by atoms with Crippen molar-refractivity contribution < 1.29 is 19.2 Å². The van der Waals surface area contributed by atoms with Gasteiger partial charge in [0.25, 0.3) is 11.8 Å². The number of quaternary nitrogens is 1. The lowest BCUT2D eigenvalue weighted by Crippen LogP contribution is -3.11. The minimum Gasteiger partial charge on any atom is -0.497 e. The summed E-state index contributed by atoms with van der Waals surface area (Å²) in [5.41, 5.74) is 2.71. The fraction of sp³-hybridized carbons (Fsp3) is 0.364. The predicted octanol–water partition coefficient (Wildman–Crippen LogP) is 2.08. The summed E-state index contributed by atoms with van der Waals surface area (Å²) in [5, 5.41) is 5.70. The van der Waals surface area contributed by atoms with Crippen LogP contribution in [0.3, 0.4) is 0 Å². The Bertz CT molecular complexity index is 811. The standard InChI is InChI=1S/C22H29N3O3/c1-22(2,3)16-9-11-17(12-10-16)23-20(26)14-25(4)15-21(27)24-18-7-6-8-19(13-18)28-5/h6-13H,14-15H2,1-5H3,(H,23,26)(H,24,27)/p+1. The van der Waals surface area contributed by atoms with Gasteiger partial charge >= 0.3 is 0 Å². The lowest BCUT2D eigenvalue weighted by molar-refractivity contribution is -0.862. The van der Waals surface area contributed by atoms with Gasteiger partial charge in [0.2, 0.25) is 0 Å². The van der Waals surface area contributed by atoms with Crippen molar-refractivity contribution in [2.75, 3.05) is 37.9 Å². The maximum atomic E-state index is 12.2. The van der Waals surface area contributed by atoms with Gasteiger partial charge in [-0.25, -0.2) is 0 Å². The zero-order valence-corrected chi connectivity index (χ0v) is 17.3. The molecule has 0 aliphatic rings. The van der Waals surface area contributed by atoms with E-state index in [0.717, 1.165) is 10.6 Å². The molecule has 2 aromatic rings. The molecule has 0 aliphatic carbocycles. The Morgan fingerprint density at radius 2 is 1.50 bits per heavy atom. The van der Waals surface area contributed by atoms with E-state index in [4.69, 9.17) is 4.74 Å². The lowest BCUT2D eigenvalue weighted by atomic mass is 9.87. The summed E-state index contributed by atoms with van der Waals surface area (Å²) in [7, 11) is 3.39. The van der Waals surface area contributed by atoms with Crippen molar-refractivity contribution in [3.8, 4) is 5.75 Å². The number of nitrogens with one attached hydrogen (secondary N) is 3. The number of amides is 2. The largest absolute Gasteiger partial charge is 0.497 e. The van der Waals surface area contributed by atoms with E-state index in [1.165, 1.54) is 5.56 Å². The molecule has 2 amide bonds. The van der Waals surface area contributed by atoms with Crippen molar-refractivity contribution in [3.05, 3.63) is 54.1 Å². The van der Waals surface area contributed by atoms with Gasteiger partial charge < -0.3 is 20.3 Å². The quantitative estimate of drug-likeness (QED) is 0.684. The first kappa shape index (κ1) is 21.4. The highest BCUT2D eigenvalue weighted by molar-refractivity contribution is 5.93. The number of carbonyl (C=O) groups is 2. The van der Waals surface area contributed by atoms with Crippen LogP contribution in [0.4, 0.5) is 11.4 Å². The zero-order valence-electron chi connectivity index (χ0n) is 17.3. The van der Waals surface area contributed by atoms with E-state index >= 15 is 0 Å². The molecule has 0 aromatic heterocycles. The summed E-state index contributed by atoms with van der Waals surface area (Å²) in [6.45, 7) is 6.83. The van der Waals surface area contributed by atoms with Gasteiger partial charge in [-0.3, -0.25) is 9.59 Å². The van der Waals surface area contributed by atoms with Crippen LogP contribution in [0.25, 0.3) is 0 Å². The molecule has 0 aliphatic heterocycles. The molecule has 1 unspecified atom stereocenters. The fourth-order valence-corrected chi connectivity index (χ4v) is 2.78. The first-order valence-electron chi connectivity index (χ1n) is 9.33. The number of ether oxygens (including phenoxy) is 1. The second kappa shape index (κ2) is 9.37. The number of carbonyl (C=O) groups excluding carboxylic acids is 2. The highest BCUT2D eigenvalue weighted by Crippen LogP contribution is 2.23. The number of hydrogen-bond donors (Lipinski definition) is 3. The number of benzene rings is 2. The smallest absolute Gasteiger partial charge is 0.279 e. The molecule has 2 aromatic carbocycles. The van der Waals surface area contributed by atoms with E-state index < -0.39 is 0 Å². The zero-order chi connectivity index (χ0) is 20.7. The van der Waals surface area contributed by atoms with Gasteiger partial charge in [0, 0.05) is 17.4 Å². The van der Waals surface area contributed by atoms with Gasteiger partial charge in [0.1, 0.15) is 5.75 Å². The number of anilines is 2. The molecule has 0 bridgehead atoms. The van der Waals surface area contributed by atoms with E-state index in [-0.39, 0.29) is 30.3 Å².